The lowest BCUT2D eigenvalue weighted by molar-refractivity contribution is -0.149. The molecule has 0 radical (unpaired) electrons. The predicted octanol–water partition coefficient (Wildman–Crippen LogP) is 3.17. The summed E-state index contributed by atoms with van der Waals surface area (Å²) in [5.74, 6) is -1.80. The van der Waals surface area contributed by atoms with Crippen molar-refractivity contribution in [2.75, 3.05) is 7.11 Å². The van der Waals surface area contributed by atoms with Crippen LogP contribution in [0.1, 0.15) is 85.2 Å². The van der Waals surface area contributed by atoms with Gasteiger partial charge in [0, 0.05) is 26.5 Å². The number of hydrogen-bond donors (Lipinski definition) is 3. The molecule has 37 heavy (non-hydrogen) atoms. The maximum Gasteiger partial charge on any atom is 0.331 e. The van der Waals surface area contributed by atoms with Gasteiger partial charge in [-0.05, 0) is 49.9 Å². The number of aliphatic carboxylic acids is 1. The Morgan fingerprint density at radius 1 is 0.757 bits per heavy atom. The molecule has 0 atom stereocenters. The molecule has 10 nitrogen and oxygen atoms in total. The molecule has 0 aromatic carbocycles. The maximum absolute atomic E-state index is 12.3. The van der Waals surface area contributed by atoms with Crippen LogP contribution in [0, 0.1) is 0 Å². The van der Waals surface area contributed by atoms with E-state index in [0.29, 0.717) is 37.1 Å². The van der Waals surface area contributed by atoms with E-state index < -0.39 is 17.0 Å². The first-order valence-electron chi connectivity index (χ1n) is 12.8. The van der Waals surface area contributed by atoms with E-state index in [1.807, 2.05) is 0 Å². The van der Waals surface area contributed by atoms with E-state index in [-0.39, 0.29) is 17.8 Å². The van der Waals surface area contributed by atoms with Crippen LogP contribution in [0.5, 0.6) is 0 Å². The molecular formula is C27H38N4O6. The van der Waals surface area contributed by atoms with Gasteiger partial charge in [0.15, 0.2) is 0 Å². The summed E-state index contributed by atoms with van der Waals surface area (Å²) >= 11 is 0. The largest absolute Gasteiger partial charge is 0.480 e. The van der Waals surface area contributed by atoms with Crippen molar-refractivity contribution in [2.24, 2.45) is 14.1 Å². The van der Waals surface area contributed by atoms with Gasteiger partial charge >= 0.3 is 11.9 Å². The lowest BCUT2D eigenvalue weighted by Gasteiger charge is -2.35. The summed E-state index contributed by atoms with van der Waals surface area (Å²) in [6.45, 7) is 0. The third-order valence-electron chi connectivity index (χ3n) is 7.46. The van der Waals surface area contributed by atoms with E-state index in [1.165, 1.54) is 7.11 Å². The van der Waals surface area contributed by atoms with E-state index in [2.05, 4.69) is 10.6 Å². The van der Waals surface area contributed by atoms with Crippen LogP contribution in [0.3, 0.4) is 0 Å². The molecule has 202 valence electrons. The molecule has 2 saturated carbocycles. The Morgan fingerprint density at radius 2 is 1.16 bits per heavy atom. The Labute approximate surface area is 217 Å². The van der Waals surface area contributed by atoms with E-state index in [4.69, 9.17) is 4.74 Å². The number of esters is 1. The molecule has 2 fully saturated rings. The molecule has 4 rings (SSSR count). The SMILES string of the molecule is COC(=O)C1(NC(=O)c2cccn2C)CCCCC1.Cn1cccc1C(=O)NC1(C(=O)O)CCCCC1. The van der Waals surface area contributed by atoms with Crippen LogP contribution < -0.4 is 10.6 Å². The van der Waals surface area contributed by atoms with Crippen LogP contribution in [0.2, 0.25) is 0 Å². The highest BCUT2D eigenvalue weighted by atomic mass is 16.5. The number of carbonyl (C=O) groups excluding carboxylic acids is 3. The zero-order valence-electron chi connectivity index (χ0n) is 21.9. The monoisotopic (exact) mass is 514 g/mol. The van der Waals surface area contributed by atoms with Crippen molar-refractivity contribution in [2.45, 2.75) is 75.3 Å². The summed E-state index contributed by atoms with van der Waals surface area (Å²) in [5, 5.41) is 15.0. The number of carboxylic acid groups (broad SMARTS) is 1. The predicted molar refractivity (Wildman–Crippen MR) is 137 cm³/mol. The number of aryl methyl sites for hydroxylation is 2. The quantitative estimate of drug-likeness (QED) is 0.508. The summed E-state index contributed by atoms with van der Waals surface area (Å²) < 4.78 is 8.31. The number of ether oxygens (including phenoxy) is 1. The molecular weight excluding hydrogens is 476 g/mol. The zero-order chi connectivity index (χ0) is 27.1. The Hall–Kier alpha value is -3.56. The van der Waals surface area contributed by atoms with Gasteiger partial charge in [0.25, 0.3) is 11.8 Å². The van der Waals surface area contributed by atoms with Crippen molar-refractivity contribution in [3.8, 4) is 0 Å². The fraction of sp³-hybridized carbons (Fsp3) is 0.556. The van der Waals surface area contributed by atoms with Gasteiger partial charge in [0.1, 0.15) is 22.5 Å². The lowest BCUT2D eigenvalue weighted by atomic mass is 9.81. The van der Waals surface area contributed by atoms with Crippen LogP contribution in [-0.4, -0.2) is 56.2 Å². The highest BCUT2D eigenvalue weighted by Gasteiger charge is 2.43. The Kier molecular flexibility index (Phi) is 9.18. The highest BCUT2D eigenvalue weighted by molar-refractivity contribution is 5.97. The highest BCUT2D eigenvalue weighted by Crippen LogP contribution is 2.30. The number of carbonyl (C=O) groups is 4. The molecule has 2 amide bonds. The summed E-state index contributed by atoms with van der Waals surface area (Å²) in [5.41, 5.74) is -0.899. The Bertz CT molecular complexity index is 1110. The normalized spacial score (nSPS) is 18.0. The van der Waals surface area contributed by atoms with Crippen LogP contribution in [0.4, 0.5) is 0 Å². The third-order valence-corrected chi connectivity index (χ3v) is 7.46. The third kappa shape index (κ3) is 6.42. The van der Waals surface area contributed by atoms with Gasteiger partial charge in [-0.1, -0.05) is 38.5 Å². The van der Waals surface area contributed by atoms with Crippen molar-refractivity contribution >= 4 is 23.8 Å². The van der Waals surface area contributed by atoms with Gasteiger partial charge in [-0.15, -0.1) is 0 Å². The first-order chi connectivity index (χ1) is 17.6. The minimum Gasteiger partial charge on any atom is -0.480 e. The minimum atomic E-state index is -1.08. The van der Waals surface area contributed by atoms with Crippen LogP contribution in [-0.2, 0) is 28.4 Å². The minimum absolute atomic E-state index is 0.222. The summed E-state index contributed by atoms with van der Waals surface area (Å²) in [6.07, 6.45) is 11.6. The topological polar surface area (TPSA) is 132 Å². The van der Waals surface area contributed by atoms with Gasteiger partial charge in [-0.25, -0.2) is 9.59 Å². The van der Waals surface area contributed by atoms with Crippen molar-refractivity contribution in [1.82, 2.24) is 19.8 Å². The molecule has 0 saturated heterocycles. The number of aromatic nitrogens is 2. The molecule has 10 heteroatoms. The van der Waals surface area contributed by atoms with Gasteiger partial charge in [-0.3, -0.25) is 9.59 Å². The van der Waals surface area contributed by atoms with E-state index in [0.717, 1.165) is 38.5 Å². The number of amides is 2. The second-order valence-corrected chi connectivity index (χ2v) is 10.00. The van der Waals surface area contributed by atoms with E-state index >= 15 is 0 Å². The molecule has 0 spiro atoms. The number of nitrogens with one attached hydrogen (secondary N) is 2. The first-order valence-corrected chi connectivity index (χ1v) is 12.8. The van der Waals surface area contributed by atoms with Crippen molar-refractivity contribution in [3.05, 3.63) is 48.0 Å². The van der Waals surface area contributed by atoms with Crippen molar-refractivity contribution < 1.29 is 29.0 Å². The number of methoxy groups -OCH3 is 1. The Morgan fingerprint density at radius 3 is 1.51 bits per heavy atom. The fourth-order valence-corrected chi connectivity index (χ4v) is 5.24. The summed E-state index contributed by atoms with van der Waals surface area (Å²) in [7, 11) is 4.94. The van der Waals surface area contributed by atoms with Gasteiger partial charge in [-0.2, -0.15) is 0 Å². The lowest BCUT2D eigenvalue weighted by Crippen LogP contribution is -2.56. The Balaban J connectivity index is 0.000000206. The van der Waals surface area contributed by atoms with Crippen molar-refractivity contribution in [3.63, 3.8) is 0 Å². The zero-order valence-corrected chi connectivity index (χ0v) is 21.9. The molecule has 0 unspecified atom stereocenters. The van der Waals surface area contributed by atoms with E-state index in [1.54, 1.807) is 59.9 Å². The molecule has 2 aromatic rings. The van der Waals surface area contributed by atoms with Crippen LogP contribution in [0.15, 0.2) is 36.7 Å². The van der Waals surface area contributed by atoms with Gasteiger partial charge in [0.05, 0.1) is 7.11 Å². The number of nitrogens with zero attached hydrogens (tertiary/aromatic N) is 2. The number of carboxylic acids is 1. The second-order valence-electron chi connectivity index (χ2n) is 10.00. The average molecular weight is 515 g/mol. The number of rotatable bonds is 6. The smallest absolute Gasteiger partial charge is 0.331 e. The molecule has 2 aromatic heterocycles. The van der Waals surface area contributed by atoms with E-state index in [9.17, 15) is 24.3 Å². The standard InChI is InChI=1S/C14H20N2O3.C13H18N2O3/c1-16-10-6-7-11(16)12(17)15-14(13(18)19-2)8-4-3-5-9-14;1-15-9-5-6-10(15)11(16)14-13(12(17)18)7-3-2-4-8-13/h6-7,10H,3-5,8-9H2,1-2H3,(H,15,17);5-6,9H,2-4,7-8H2,1H3,(H,14,16)(H,17,18). The molecule has 2 aliphatic carbocycles. The second kappa shape index (κ2) is 12.1. The molecule has 0 aliphatic heterocycles. The fourth-order valence-electron chi connectivity index (χ4n) is 5.24. The molecule has 0 bridgehead atoms. The van der Waals surface area contributed by atoms with Crippen LogP contribution >= 0.6 is 0 Å². The first kappa shape index (κ1) is 28.0. The summed E-state index contributed by atoms with van der Waals surface area (Å²) in [4.78, 5) is 47.9. The number of hydrogen-bond acceptors (Lipinski definition) is 5. The van der Waals surface area contributed by atoms with Crippen LogP contribution in [0.25, 0.3) is 0 Å². The molecule has 2 heterocycles. The van der Waals surface area contributed by atoms with Crippen molar-refractivity contribution in [1.29, 1.82) is 0 Å². The average Bonchev–Trinajstić information content (AvgIpc) is 3.52. The van der Waals surface area contributed by atoms with Gasteiger partial charge < -0.3 is 29.6 Å². The van der Waals surface area contributed by atoms with Gasteiger partial charge in [0.2, 0.25) is 0 Å². The molecule has 2 aliphatic rings. The maximum atomic E-state index is 12.3. The molecule has 3 N–H and O–H groups in total. The summed E-state index contributed by atoms with van der Waals surface area (Å²) in [6, 6.07) is 7.00.